The van der Waals surface area contributed by atoms with E-state index in [9.17, 15) is 0 Å². The van der Waals surface area contributed by atoms with Crippen LogP contribution in [0.25, 0.3) is 11.1 Å². The van der Waals surface area contributed by atoms with Crippen molar-refractivity contribution in [2.45, 2.75) is 32.4 Å². The van der Waals surface area contributed by atoms with Gasteiger partial charge in [0.2, 0.25) is 0 Å². The second-order valence-corrected chi connectivity index (χ2v) is 4.94. The Bertz CT molecular complexity index is 531. The monoisotopic (exact) mass is 245 g/mol. The number of hydrogen-bond donors (Lipinski definition) is 2. The summed E-state index contributed by atoms with van der Waals surface area (Å²) in [6.07, 6.45) is 2.70. The summed E-state index contributed by atoms with van der Waals surface area (Å²) in [5.41, 5.74) is 3.07. The molecule has 0 bridgehead atoms. The van der Waals surface area contributed by atoms with Crippen LogP contribution in [0.2, 0.25) is 0 Å². The zero-order chi connectivity index (χ0) is 12.4. The molecule has 4 nitrogen and oxygen atoms in total. The van der Waals surface area contributed by atoms with Crippen LogP contribution in [0.15, 0.2) is 22.6 Å². The van der Waals surface area contributed by atoms with Crippen molar-refractivity contribution in [2.24, 2.45) is 0 Å². The Morgan fingerprint density at radius 3 is 3.06 bits per heavy atom. The number of hydrogen-bond acceptors (Lipinski definition) is 4. The lowest BCUT2D eigenvalue weighted by atomic mass is 10.2. The molecule has 1 aliphatic carbocycles. The van der Waals surface area contributed by atoms with Gasteiger partial charge in [-0.25, -0.2) is 4.98 Å². The van der Waals surface area contributed by atoms with Crippen molar-refractivity contribution in [3.8, 4) is 0 Å². The molecular weight excluding hydrogens is 226 g/mol. The van der Waals surface area contributed by atoms with E-state index >= 15 is 0 Å². The van der Waals surface area contributed by atoms with Crippen LogP contribution >= 0.6 is 0 Å². The molecule has 0 saturated heterocycles. The Morgan fingerprint density at radius 1 is 1.33 bits per heavy atom. The van der Waals surface area contributed by atoms with Crippen molar-refractivity contribution >= 4 is 11.1 Å². The summed E-state index contributed by atoms with van der Waals surface area (Å²) >= 11 is 0. The number of aromatic nitrogens is 1. The van der Waals surface area contributed by atoms with Crippen molar-refractivity contribution in [3.63, 3.8) is 0 Å². The van der Waals surface area contributed by atoms with Crippen LogP contribution in [-0.2, 0) is 6.54 Å². The zero-order valence-corrected chi connectivity index (χ0v) is 10.7. The summed E-state index contributed by atoms with van der Waals surface area (Å²) in [5, 5.41) is 6.92. The highest BCUT2D eigenvalue weighted by atomic mass is 16.3. The highest BCUT2D eigenvalue weighted by Gasteiger charge is 2.19. The molecule has 96 valence electrons. The number of aryl methyl sites for hydroxylation is 1. The SMILES string of the molecule is Cc1nc2cc(CNCCNC3CC3)ccc2o1. The van der Waals surface area contributed by atoms with Crippen LogP contribution in [0.5, 0.6) is 0 Å². The van der Waals surface area contributed by atoms with Crippen LogP contribution in [0, 0.1) is 6.92 Å². The minimum absolute atomic E-state index is 0.726. The van der Waals surface area contributed by atoms with E-state index in [0.29, 0.717) is 0 Å². The molecule has 4 heteroatoms. The standard InChI is InChI=1S/C14H19N3O/c1-10-17-13-8-11(2-5-14(13)18-10)9-15-6-7-16-12-3-4-12/h2,5,8,12,15-16H,3-4,6-7,9H2,1H3. The second kappa shape index (κ2) is 5.08. The van der Waals surface area contributed by atoms with E-state index in [-0.39, 0.29) is 0 Å². The van der Waals surface area contributed by atoms with E-state index in [1.165, 1.54) is 18.4 Å². The molecule has 18 heavy (non-hydrogen) atoms. The Balaban J connectivity index is 1.50. The molecule has 0 unspecified atom stereocenters. The van der Waals surface area contributed by atoms with E-state index in [0.717, 1.165) is 42.7 Å². The summed E-state index contributed by atoms with van der Waals surface area (Å²) < 4.78 is 5.46. The van der Waals surface area contributed by atoms with E-state index in [2.05, 4.69) is 27.8 Å². The maximum atomic E-state index is 5.46. The van der Waals surface area contributed by atoms with Crippen LogP contribution in [0.1, 0.15) is 24.3 Å². The predicted molar refractivity (Wildman–Crippen MR) is 71.5 cm³/mol. The lowest BCUT2D eigenvalue weighted by Crippen LogP contribution is -2.28. The number of nitrogens with one attached hydrogen (secondary N) is 2. The topological polar surface area (TPSA) is 50.1 Å². The van der Waals surface area contributed by atoms with Gasteiger partial charge in [0.1, 0.15) is 5.52 Å². The lowest BCUT2D eigenvalue weighted by Gasteiger charge is -2.05. The summed E-state index contributed by atoms with van der Waals surface area (Å²) in [4.78, 5) is 4.34. The van der Waals surface area contributed by atoms with Gasteiger partial charge in [0, 0.05) is 32.6 Å². The summed E-state index contributed by atoms with van der Waals surface area (Å²) in [6, 6.07) is 6.97. The first-order chi connectivity index (χ1) is 8.81. The van der Waals surface area contributed by atoms with Gasteiger partial charge in [0.15, 0.2) is 11.5 Å². The van der Waals surface area contributed by atoms with Crippen LogP contribution in [-0.4, -0.2) is 24.1 Å². The quantitative estimate of drug-likeness (QED) is 0.764. The van der Waals surface area contributed by atoms with Gasteiger partial charge >= 0.3 is 0 Å². The van der Waals surface area contributed by atoms with Crippen molar-refractivity contribution in [1.82, 2.24) is 15.6 Å². The van der Waals surface area contributed by atoms with Gasteiger partial charge in [-0.2, -0.15) is 0 Å². The fourth-order valence-corrected chi connectivity index (χ4v) is 2.08. The van der Waals surface area contributed by atoms with Crippen molar-refractivity contribution < 1.29 is 4.42 Å². The molecule has 1 aromatic heterocycles. The molecule has 1 aromatic carbocycles. The molecule has 1 heterocycles. The zero-order valence-electron chi connectivity index (χ0n) is 10.7. The maximum Gasteiger partial charge on any atom is 0.192 e. The normalized spacial score (nSPS) is 15.4. The summed E-state index contributed by atoms with van der Waals surface area (Å²) in [7, 11) is 0. The van der Waals surface area contributed by atoms with E-state index in [4.69, 9.17) is 4.42 Å². The number of benzene rings is 1. The van der Waals surface area contributed by atoms with E-state index in [1.807, 2.05) is 13.0 Å². The first-order valence-corrected chi connectivity index (χ1v) is 6.61. The third kappa shape index (κ3) is 2.89. The van der Waals surface area contributed by atoms with Crippen LogP contribution in [0.4, 0.5) is 0 Å². The van der Waals surface area contributed by atoms with Gasteiger partial charge in [0.05, 0.1) is 0 Å². The van der Waals surface area contributed by atoms with Gasteiger partial charge in [-0.1, -0.05) is 6.07 Å². The maximum absolute atomic E-state index is 5.46. The molecule has 1 aliphatic rings. The first-order valence-electron chi connectivity index (χ1n) is 6.61. The summed E-state index contributed by atoms with van der Waals surface area (Å²) in [6.45, 7) is 4.82. The van der Waals surface area contributed by atoms with E-state index in [1.54, 1.807) is 0 Å². The van der Waals surface area contributed by atoms with Gasteiger partial charge in [-0.15, -0.1) is 0 Å². The van der Waals surface area contributed by atoms with Crippen molar-refractivity contribution in [3.05, 3.63) is 29.7 Å². The predicted octanol–water partition coefficient (Wildman–Crippen LogP) is 1.98. The molecule has 0 radical (unpaired) electrons. The minimum Gasteiger partial charge on any atom is -0.441 e. The molecule has 3 rings (SSSR count). The smallest absolute Gasteiger partial charge is 0.192 e. The minimum atomic E-state index is 0.726. The Kier molecular flexibility index (Phi) is 3.30. The van der Waals surface area contributed by atoms with E-state index < -0.39 is 0 Å². The van der Waals surface area contributed by atoms with Gasteiger partial charge in [-0.3, -0.25) is 0 Å². The van der Waals surface area contributed by atoms with Gasteiger partial charge in [0.25, 0.3) is 0 Å². The largest absolute Gasteiger partial charge is 0.441 e. The third-order valence-corrected chi connectivity index (χ3v) is 3.20. The Labute approximate surface area is 107 Å². The number of oxazole rings is 1. The molecule has 0 aliphatic heterocycles. The van der Waals surface area contributed by atoms with Crippen molar-refractivity contribution in [1.29, 1.82) is 0 Å². The molecular formula is C14H19N3O. The highest BCUT2D eigenvalue weighted by Crippen LogP contribution is 2.18. The molecule has 2 aromatic rings. The first kappa shape index (κ1) is 11.7. The molecule has 1 saturated carbocycles. The molecule has 2 N–H and O–H groups in total. The van der Waals surface area contributed by atoms with Gasteiger partial charge in [-0.05, 0) is 30.5 Å². The third-order valence-electron chi connectivity index (χ3n) is 3.20. The average molecular weight is 245 g/mol. The van der Waals surface area contributed by atoms with Crippen LogP contribution < -0.4 is 10.6 Å². The molecule has 0 spiro atoms. The summed E-state index contributed by atoms with van der Waals surface area (Å²) in [5.74, 6) is 0.726. The molecule has 1 fully saturated rings. The van der Waals surface area contributed by atoms with Crippen LogP contribution in [0.3, 0.4) is 0 Å². The van der Waals surface area contributed by atoms with Gasteiger partial charge < -0.3 is 15.1 Å². The Morgan fingerprint density at radius 2 is 2.22 bits per heavy atom. The number of nitrogens with zero attached hydrogens (tertiary/aromatic N) is 1. The lowest BCUT2D eigenvalue weighted by molar-refractivity contribution is 0.561. The fourth-order valence-electron chi connectivity index (χ4n) is 2.08. The fraction of sp³-hybridized carbons (Fsp3) is 0.500. The highest BCUT2D eigenvalue weighted by molar-refractivity contribution is 5.73. The number of fused-ring (bicyclic) bond motifs is 1. The number of rotatable bonds is 6. The molecule has 0 atom stereocenters. The second-order valence-electron chi connectivity index (χ2n) is 4.94. The average Bonchev–Trinajstić information content (AvgIpc) is 3.09. The Hall–Kier alpha value is -1.39. The van der Waals surface area contributed by atoms with Crippen molar-refractivity contribution in [2.75, 3.05) is 13.1 Å². The molecule has 0 amide bonds.